The molecule has 1 saturated heterocycles. The molecule has 0 radical (unpaired) electrons. The molecule has 26 heavy (non-hydrogen) atoms. The second-order valence-electron chi connectivity index (χ2n) is 6.14. The molecule has 0 amide bonds. The summed E-state index contributed by atoms with van der Waals surface area (Å²) in [5.41, 5.74) is 6.57. The predicted octanol–water partition coefficient (Wildman–Crippen LogP) is 2.28. The van der Waals surface area contributed by atoms with E-state index < -0.39 is 12.7 Å². The van der Waals surface area contributed by atoms with Crippen molar-refractivity contribution in [3.63, 3.8) is 0 Å². The van der Waals surface area contributed by atoms with Gasteiger partial charge in [0.1, 0.15) is 5.82 Å². The van der Waals surface area contributed by atoms with Gasteiger partial charge in [0.05, 0.1) is 26.3 Å². The van der Waals surface area contributed by atoms with E-state index in [4.69, 9.17) is 15.2 Å². The molecule has 3 rings (SSSR count). The van der Waals surface area contributed by atoms with Gasteiger partial charge >= 0.3 is 6.18 Å². The van der Waals surface area contributed by atoms with E-state index in [2.05, 4.69) is 15.3 Å². The van der Waals surface area contributed by atoms with E-state index in [9.17, 15) is 13.2 Å². The monoisotopic (exact) mass is 371 g/mol. The third-order valence-electron chi connectivity index (χ3n) is 4.24. The molecule has 1 aliphatic rings. The topological polar surface area (TPSA) is 85.5 Å². The number of alkyl halides is 3. The summed E-state index contributed by atoms with van der Waals surface area (Å²) in [5, 5.41) is 3.68. The number of methoxy groups -OCH3 is 2. The lowest BCUT2D eigenvalue weighted by molar-refractivity contribution is -0.143. The van der Waals surface area contributed by atoms with Crippen molar-refractivity contribution in [2.24, 2.45) is 0 Å². The molecule has 2 aromatic rings. The van der Waals surface area contributed by atoms with Crippen molar-refractivity contribution in [3.05, 3.63) is 12.1 Å². The van der Waals surface area contributed by atoms with Crippen molar-refractivity contribution in [1.29, 1.82) is 0 Å². The first-order valence-electron chi connectivity index (χ1n) is 8.04. The molecule has 3 N–H and O–H groups in total. The van der Waals surface area contributed by atoms with Gasteiger partial charge in [-0.15, -0.1) is 0 Å². The molecule has 0 bridgehead atoms. The van der Waals surface area contributed by atoms with Crippen LogP contribution in [0.25, 0.3) is 10.9 Å². The number of nitrogens with two attached hydrogens (primary N) is 1. The van der Waals surface area contributed by atoms with E-state index in [0.29, 0.717) is 35.4 Å². The maximum Gasteiger partial charge on any atom is 0.401 e. The first-order chi connectivity index (χ1) is 12.3. The number of nitrogen functional groups attached to an aromatic ring is 1. The molecule has 1 fully saturated rings. The SMILES string of the molecule is COc1cc2nc(NC3CCN(CC(F)(F)F)C3)nc(N)c2cc1OC. The van der Waals surface area contributed by atoms with Gasteiger partial charge in [-0.25, -0.2) is 4.98 Å². The van der Waals surface area contributed by atoms with Crippen molar-refractivity contribution in [3.8, 4) is 11.5 Å². The Bertz CT molecular complexity index is 800. The van der Waals surface area contributed by atoms with Crippen LogP contribution in [0.4, 0.5) is 24.9 Å². The van der Waals surface area contributed by atoms with Gasteiger partial charge in [0.15, 0.2) is 11.5 Å². The predicted molar refractivity (Wildman–Crippen MR) is 91.6 cm³/mol. The number of rotatable bonds is 5. The van der Waals surface area contributed by atoms with E-state index in [1.807, 2.05) is 0 Å². The van der Waals surface area contributed by atoms with Gasteiger partial charge in [-0.2, -0.15) is 18.2 Å². The minimum absolute atomic E-state index is 0.172. The second kappa shape index (κ2) is 7.02. The quantitative estimate of drug-likeness (QED) is 0.834. The van der Waals surface area contributed by atoms with Crippen LogP contribution in [0.2, 0.25) is 0 Å². The summed E-state index contributed by atoms with van der Waals surface area (Å²) in [5.74, 6) is 1.54. The second-order valence-corrected chi connectivity index (χ2v) is 6.14. The van der Waals surface area contributed by atoms with Crippen LogP contribution < -0.4 is 20.5 Å². The Hall–Kier alpha value is -2.49. The van der Waals surface area contributed by atoms with E-state index in [0.717, 1.165) is 0 Å². The average molecular weight is 371 g/mol. The van der Waals surface area contributed by atoms with Crippen molar-refractivity contribution in [1.82, 2.24) is 14.9 Å². The summed E-state index contributed by atoms with van der Waals surface area (Å²) < 4.78 is 48.0. The minimum atomic E-state index is -4.20. The summed E-state index contributed by atoms with van der Waals surface area (Å²) >= 11 is 0. The maximum absolute atomic E-state index is 12.5. The molecule has 1 unspecified atom stereocenters. The summed E-state index contributed by atoms with van der Waals surface area (Å²) in [6, 6.07) is 3.20. The van der Waals surface area contributed by atoms with Crippen LogP contribution in [0.15, 0.2) is 12.1 Å². The molecule has 1 aromatic heterocycles. The van der Waals surface area contributed by atoms with E-state index >= 15 is 0 Å². The highest BCUT2D eigenvalue weighted by atomic mass is 19.4. The molecule has 142 valence electrons. The summed E-state index contributed by atoms with van der Waals surface area (Å²) in [6.45, 7) is -0.277. The minimum Gasteiger partial charge on any atom is -0.493 e. The molecule has 1 aromatic carbocycles. The highest BCUT2D eigenvalue weighted by Gasteiger charge is 2.34. The third-order valence-corrected chi connectivity index (χ3v) is 4.24. The highest BCUT2D eigenvalue weighted by molar-refractivity contribution is 5.91. The van der Waals surface area contributed by atoms with Crippen molar-refractivity contribution < 1.29 is 22.6 Å². The van der Waals surface area contributed by atoms with Crippen LogP contribution in [0, 0.1) is 0 Å². The molecule has 1 aliphatic heterocycles. The molecule has 2 heterocycles. The summed E-state index contributed by atoms with van der Waals surface area (Å²) in [7, 11) is 3.03. The molecular weight excluding hydrogens is 351 g/mol. The average Bonchev–Trinajstić information content (AvgIpc) is 2.98. The summed E-state index contributed by atoms with van der Waals surface area (Å²) in [4.78, 5) is 9.98. The molecule has 1 atom stereocenters. The Balaban J connectivity index is 1.79. The first kappa shape index (κ1) is 18.3. The van der Waals surface area contributed by atoms with Gasteiger partial charge in [-0.05, 0) is 12.5 Å². The number of fused-ring (bicyclic) bond motifs is 1. The zero-order chi connectivity index (χ0) is 18.9. The molecule has 7 nitrogen and oxygen atoms in total. The maximum atomic E-state index is 12.5. The zero-order valence-corrected chi connectivity index (χ0v) is 14.4. The fraction of sp³-hybridized carbons (Fsp3) is 0.500. The van der Waals surface area contributed by atoms with E-state index in [1.165, 1.54) is 19.1 Å². The normalized spacial score (nSPS) is 18.3. The molecule has 0 spiro atoms. The lowest BCUT2D eigenvalue weighted by Gasteiger charge is -2.18. The Morgan fingerprint density at radius 2 is 1.92 bits per heavy atom. The number of nitrogens with zero attached hydrogens (tertiary/aromatic N) is 3. The van der Waals surface area contributed by atoms with Gasteiger partial charge < -0.3 is 20.5 Å². The van der Waals surface area contributed by atoms with Crippen LogP contribution in [0.5, 0.6) is 11.5 Å². The summed E-state index contributed by atoms with van der Waals surface area (Å²) in [6.07, 6.45) is -3.63. The Morgan fingerprint density at radius 3 is 2.58 bits per heavy atom. The van der Waals surface area contributed by atoms with Crippen molar-refractivity contribution in [2.75, 3.05) is 44.9 Å². The van der Waals surface area contributed by atoms with Gasteiger partial charge in [-0.3, -0.25) is 4.90 Å². The Morgan fingerprint density at radius 1 is 1.23 bits per heavy atom. The number of hydrogen-bond acceptors (Lipinski definition) is 7. The fourth-order valence-corrected chi connectivity index (χ4v) is 3.07. The van der Waals surface area contributed by atoms with Crippen LogP contribution in [0.3, 0.4) is 0 Å². The molecule has 10 heteroatoms. The Kier molecular flexibility index (Phi) is 4.94. The van der Waals surface area contributed by atoms with Gasteiger partial charge in [0.2, 0.25) is 5.95 Å². The van der Waals surface area contributed by atoms with Gasteiger partial charge in [0.25, 0.3) is 0 Å². The van der Waals surface area contributed by atoms with Crippen LogP contribution in [-0.2, 0) is 0 Å². The number of anilines is 2. The molecule has 0 saturated carbocycles. The Labute approximate surface area is 148 Å². The lowest BCUT2D eigenvalue weighted by Crippen LogP contribution is -2.34. The van der Waals surface area contributed by atoms with Crippen molar-refractivity contribution in [2.45, 2.75) is 18.6 Å². The first-order valence-corrected chi connectivity index (χ1v) is 8.04. The number of likely N-dealkylation sites (tertiary alicyclic amines) is 1. The standard InChI is InChI=1S/C16H20F3N5O2/c1-25-12-5-10-11(6-13(12)26-2)22-15(23-14(10)20)21-9-3-4-24(7-9)8-16(17,18)19/h5-6,9H,3-4,7-8H2,1-2H3,(H3,20,21,22,23). The smallest absolute Gasteiger partial charge is 0.401 e. The van der Waals surface area contributed by atoms with Crippen molar-refractivity contribution >= 4 is 22.7 Å². The van der Waals surface area contributed by atoms with E-state index in [1.54, 1.807) is 12.1 Å². The number of hydrogen-bond donors (Lipinski definition) is 2. The number of ether oxygens (including phenoxy) is 2. The fourth-order valence-electron chi connectivity index (χ4n) is 3.07. The lowest BCUT2D eigenvalue weighted by atomic mass is 10.2. The largest absolute Gasteiger partial charge is 0.493 e. The number of halogens is 3. The number of aromatic nitrogens is 2. The molecular formula is C16H20F3N5O2. The highest BCUT2D eigenvalue weighted by Crippen LogP contribution is 2.33. The number of benzene rings is 1. The molecule has 0 aliphatic carbocycles. The van der Waals surface area contributed by atoms with Crippen LogP contribution >= 0.6 is 0 Å². The third kappa shape index (κ3) is 4.01. The van der Waals surface area contributed by atoms with Gasteiger partial charge in [0, 0.05) is 30.6 Å². The zero-order valence-electron chi connectivity index (χ0n) is 14.4. The van der Waals surface area contributed by atoms with E-state index in [-0.39, 0.29) is 24.4 Å². The number of nitrogens with one attached hydrogen (secondary N) is 1. The van der Waals surface area contributed by atoms with Crippen LogP contribution in [-0.4, -0.2) is 60.9 Å². The van der Waals surface area contributed by atoms with Crippen LogP contribution in [0.1, 0.15) is 6.42 Å². The van der Waals surface area contributed by atoms with Gasteiger partial charge in [-0.1, -0.05) is 0 Å².